The summed E-state index contributed by atoms with van der Waals surface area (Å²) in [6.07, 6.45) is 12.9. The average Bonchev–Trinajstić information content (AvgIpc) is 2.60. The number of esters is 1. The van der Waals surface area contributed by atoms with Crippen LogP contribution in [-0.2, 0) is 14.3 Å². The number of rotatable bonds is 16. The van der Waals surface area contributed by atoms with E-state index in [0.29, 0.717) is 19.6 Å². The largest absolute Gasteiger partial charge is 0.464 e. The summed E-state index contributed by atoms with van der Waals surface area (Å²) in [5.41, 5.74) is 0. The first kappa shape index (κ1) is 23.7. The normalized spacial score (nSPS) is 11.8. The summed E-state index contributed by atoms with van der Waals surface area (Å²) in [6, 6.07) is -0.599. The van der Waals surface area contributed by atoms with E-state index in [4.69, 9.17) is 9.47 Å². The van der Waals surface area contributed by atoms with Crippen molar-refractivity contribution in [2.75, 3.05) is 13.2 Å². The summed E-state index contributed by atoms with van der Waals surface area (Å²) < 4.78 is 10.2. The van der Waals surface area contributed by atoms with Crippen molar-refractivity contribution in [3.63, 3.8) is 0 Å². The zero-order valence-electron chi connectivity index (χ0n) is 16.6. The van der Waals surface area contributed by atoms with Crippen LogP contribution in [-0.4, -0.2) is 31.3 Å². The Morgan fingerprint density at radius 2 is 1.32 bits per heavy atom. The fourth-order valence-corrected chi connectivity index (χ4v) is 2.66. The number of alkyl carbamates (subject to hydrolysis) is 1. The second-order valence-electron chi connectivity index (χ2n) is 6.56. The highest BCUT2D eigenvalue weighted by atomic mass is 16.6. The second-order valence-corrected chi connectivity index (χ2v) is 6.56. The molecule has 0 aliphatic heterocycles. The van der Waals surface area contributed by atoms with Crippen LogP contribution in [0.25, 0.3) is 0 Å². The summed E-state index contributed by atoms with van der Waals surface area (Å²) in [5, 5.41) is 2.60. The molecule has 5 nitrogen and oxygen atoms in total. The third kappa shape index (κ3) is 14.8. The Kier molecular flexibility index (Phi) is 16.7. The van der Waals surface area contributed by atoms with E-state index in [2.05, 4.69) is 19.2 Å². The number of hydrogen-bond acceptors (Lipinski definition) is 4. The predicted molar refractivity (Wildman–Crippen MR) is 102 cm³/mol. The van der Waals surface area contributed by atoms with Crippen LogP contribution in [0, 0.1) is 0 Å². The molecule has 0 saturated heterocycles. The number of carbonyl (C=O) groups excluding carboxylic acids is 2. The van der Waals surface area contributed by atoms with Gasteiger partial charge < -0.3 is 14.8 Å². The molecule has 0 aromatic carbocycles. The van der Waals surface area contributed by atoms with Gasteiger partial charge in [0, 0.05) is 0 Å². The minimum Gasteiger partial charge on any atom is -0.464 e. The van der Waals surface area contributed by atoms with Gasteiger partial charge in [0.25, 0.3) is 0 Å². The molecule has 5 heteroatoms. The van der Waals surface area contributed by atoms with E-state index in [1.54, 1.807) is 6.92 Å². The highest BCUT2D eigenvalue weighted by Gasteiger charge is 2.22. The van der Waals surface area contributed by atoms with Gasteiger partial charge in [0.2, 0.25) is 0 Å². The van der Waals surface area contributed by atoms with Gasteiger partial charge in [-0.25, -0.2) is 9.59 Å². The Morgan fingerprint density at radius 1 is 0.760 bits per heavy atom. The molecule has 0 aliphatic carbocycles. The first-order chi connectivity index (χ1) is 12.2. The molecule has 25 heavy (non-hydrogen) atoms. The van der Waals surface area contributed by atoms with Crippen molar-refractivity contribution in [2.45, 2.75) is 104 Å². The van der Waals surface area contributed by atoms with Gasteiger partial charge in [-0.05, 0) is 19.8 Å². The second kappa shape index (κ2) is 17.6. The number of carbonyl (C=O) groups is 2. The van der Waals surface area contributed by atoms with E-state index in [1.807, 2.05) is 0 Å². The maximum absolute atomic E-state index is 12.1. The lowest BCUT2D eigenvalue weighted by Gasteiger charge is -2.17. The highest BCUT2D eigenvalue weighted by molar-refractivity contribution is 5.81. The van der Waals surface area contributed by atoms with E-state index in [-0.39, 0.29) is 5.97 Å². The number of nitrogens with one attached hydrogen (secondary N) is 1. The minimum absolute atomic E-state index is 0.291. The lowest BCUT2D eigenvalue weighted by Crippen LogP contribution is -2.42. The molecule has 0 spiro atoms. The molecule has 0 radical (unpaired) electrons. The maximum Gasteiger partial charge on any atom is 0.407 e. The molecular weight excluding hydrogens is 318 g/mol. The number of hydrogen-bond donors (Lipinski definition) is 1. The Morgan fingerprint density at radius 3 is 1.88 bits per heavy atom. The summed E-state index contributed by atoms with van der Waals surface area (Å²) >= 11 is 0. The van der Waals surface area contributed by atoms with Gasteiger partial charge in [-0.2, -0.15) is 0 Å². The van der Waals surface area contributed by atoms with E-state index >= 15 is 0 Å². The molecule has 0 fully saturated rings. The zero-order valence-corrected chi connectivity index (χ0v) is 16.6. The summed E-state index contributed by atoms with van der Waals surface area (Å²) in [7, 11) is 0. The van der Waals surface area contributed by atoms with Crippen molar-refractivity contribution < 1.29 is 19.1 Å². The monoisotopic (exact) mass is 357 g/mol. The molecule has 1 unspecified atom stereocenters. The fourth-order valence-electron chi connectivity index (χ4n) is 2.66. The molecule has 0 rings (SSSR count). The van der Waals surface area contributed by atoms with E-state index in [9.17, 15) is 9.59 Å². The smallest absolute Gasteiger partial charge is 0.407 e. The van der Waals surface area contributed by atoms with Crippen LogP contribution in [0.5, 0.6) is 0 Å². The van der Waals surface area contributed by atoms with Crippen molar-refractivity contribution in [3.05, 3.63) is 0 Å². The third-order valence-electron chi connectivity index (χ3n) is 4.19. The van der Waals surface area contributed by atoms with Crippen LogP contribution in [0.15, 0.2) is 0 Å². The standard InChI is InChI=1S/C20H39NO4/c1-4-7-9-10-11-12-13-14-15-17-25-19(22)18(16-8-5-2)21-20(23)24-6-3/h18H,4-17H2,1-3H3,(H,21,23). The highest BCUT2D eigenvalue weighted by Crippen LogP contribution is 2.10. The van der Waals surface area contributed by atoms with E-state index in [0.717, 1.165) is 25.7 Å². The molecule has 0 aliphatic rings. The van der Waals surface area contributed by atoms with Crippen molar-refractivity contribution in [3.8, 4) is 0 Å². The first-order valence-electron chi connectivity index (χ1n) is 10.3. The summed E-state index contributed by atoms with van der Waals surface area (Å²) in [6.45, 7) is 6.75. The van der Waals surface area contributed by atoms with Crippen LogP contribution in [0.1, 0.15) is 97.8 Å². The molecule has 0 saturated carbocycles. The Balaban J connectivity index is 3.80. The lowest BCUT2D eigenvalue weighted by molar-refractivity contribution is -0.146. The van der Waals surface area contributed by atoms with Crippen LogP contribution in [0.2, 0.25) is 0 Å². The Labute approximate surface area is 154 Å². The van der Waals surface area contributed by atoms with Gasteiger partial charge in [0.05, 0.1) is 13.2 Å². The van der Waals surface area contributed by atoms with Gasteiger partial charge in [0.15, 0.2) is 0 Å². The van der Waals surface area contributed by atoms with Gasteiger partial charge >= 0.3 is 12.1 Å². The molecular formula is C20H39NO4. The topological polar surface area (TPSA) is 64.6 Å². The molecule has 1 N–H and O–H groups in total. The van der Waals surface area contributed by atoms with Gasteiger partial charge in [-0.15, -0.1) is 0 Å². The Bertz CT molecular complexity index is 334. The van der Waals surface area contributed by atoms with Crippen LogP contribution < -0.4 is 5.32 Å². The SMILES string of the molecule is CCCCCCCCCCCOC(=O)C(CCCC)NC(=O)OCC. The average molecular weight is 358 g/mol. The van der Waals surface area contributed by atoms with Crippen LogP contribution >= 0.6 is 0 Å². The predicted octanol–water partition coefficient (Wildman–Crippen LogP) is 5.37. The maximum atomic E-state index is 12.1. The van der Waals surface area contributed by atoms with Crippen LogP contribution in [0.3, 0.4) is 0 Å². The quantitative estimate of drug-likeness (QED) is 0.298. The zero-order chi connectivity index (χ0) is 18.8. The fraction of sp³-hybridized carbons (Fsp3) is 0.900. The summed E-state index contributed by atoms with van der Waals surface area (Å²) in [4.78, 5) is 23.7. The number of amides is 1. The molecule has 0 aromatic rings. The molecule has 1 amide bonds. The first-order valence-corrected chi connectivity index (χ1v) is 10.3. The Hall–Kier alpha value is -1.26. The van der Waals surface area contributed by atoms with Gasteiger partial charge in [-0.3, -0.25) is 0 Å². The van der Waals surface area contributed by atoms with Crippen molar-refractivity contribution in [2.24, 2.45) is 0 Å². The van der Waals surface area contributed by atoms with Crippen molar-refractivity contribution in [1.29, 1.82) is 0 Å². The van der Waals surface area contributed by atoms with Crippen molar-refractivity contribution >= 4 is 12.1 Å². The van der Waals surface area contributed by atoms with E-state index in [1.165, 1.54) is 44.9 Å². The molecule has 148 valence electrons. The molecule has 1 atom stereocenters. The molecule has 0 bridgehead atoms. The number of unbranched alkanes of at least 4 members (excludes halogenated alkanes) is 9. The third-order valence-corrected chi connectivity index (χ3v) is 4.19. The van der Waals surface area contributed by atoms with E-state index < -0.39 is 12.1 Å². The minimum atomic E-state index is -0.599. The van der Waals surface area contributed by atoms with Crippen molar-refractivity contribution in [1.82, 2.24) is 5.32 Å². The number of ether oxygens (including phenoxy) is 2. The van der Waals surface area contributed by atoms with Crippen LogP contribution in [0.4, 0.5) is 4.79 Å². The van der Waals surface area contributed by atoms with Gasteiger partial charge in [0.1, 0.15) is 6.04 Å². The lowest BCUT2D eigenvalue weighted by atomic mass is 10.1. The summed E-state index contributed by atoms with van der Waals surface area (Å²) in [5.74, 6) is -0.346. The molecule has 0 aromatic heterocycles. The molecule has 0 heterocycles. The van der Waals surface area contributed by atoms with Gasteiger partial charge in [-0.1, -0.05) is 78.1 Å².